The normalized spacial score (nSPS) is 17.1. The van der Waals surface area contributed by atoms with Crippen molar-refractivity contribution in [3.63, 3.8) is 0 Å². The summed E-state index contributed by atoms with van der Waals surface area (Å²) in [6.07, 6.45) is 3.93. The maximum atomic E-state index is 13.1. The van der Waals surface area contributed by atoms with Gasteiger partial charge < -0.3 is 19.3 Å². The van der Waals surface area contributed by atoms with Crippen molar-refractivity contribution in [2.24, 2.45) is 16.7 Å². The SMILES string of the molecule is CC(NCc1ccc2c(c1)nc(NC(=O)c1ccno1)n2CC1CCN(C(=O)C(C#N)=CC(C)(C)C)C1)C(C)(C)C. The number of nitriles is 1. The second-order valence-corrected chi connectivity index (χ2v) is 13.1. The van der Waals surface area contributed by atoms with Gasteiger partial charge in [-0.1, -0.05) is 58.8 Å². The predicted octanol–water partition coefficient (Wildman–Crippen LogP) is 5.15. The van der Waals surface area contributed by atoms with Crippen LogP contribution in [-0.4, -0.2) is 50.6 Å². The number of amides is 2. The van der Waals surface area contributed by atoms with Gasteiger partial charge in [0, 0.05) is 38.3 Å². The minimum Gasteiger partial charge on any atom is -0.351 e. The Morgan fingerprint density at radius 2 is 1.98 bits per heavy atom. The number of imidazole rings is 1. The van der Waals surface area contributed by atoms with Gasteiger partial charge in [-0.15, -0.1) is 0 Å². The molecule has 2 aromatic heterocycles. The zero-order valence-corrected chi connectivity index (χ0v) is 25.1. The van der Waals surface area contributed by atoms with Crippen molar-refractivity contribution in [2.45, 2.75) is 74.0 Å². The molecule has 2 unspecified atom stereocenters. The van der Waals surface area contributed by atoms with E-state index >= 15 is 0 Å². The lowest BCUT2D eigenvalue weighted by Gasteiger charge is -2.28. The van der Waals surface area contributed by atoms with Gasteiger partial charge >= 0.3 is 0 Å². The molecule has 41 heavy (non-hydrogen) atoms. The van der Waals surface area contributed by atoms with Gasteiger partial charge in [0.25, 0.3) is 11.8 Å². The Kier molecular flexibility index (Phi) is 8.69. The van der Waals surface area contributed by atoms with Gasteiger partial charge in [0.2, 0.25) is 11.7 Å². The Morgan fingerprint density at radius 3 is 2.61 bits per heavy atom. The zero-order chi connectivity index (χ0) is 29.9. The van der Waals surface area contributed by atoms with Crippen molar-refractivity contribution in [2.75, 3.05) is 18.4 Å². The molecule has 1 aliphatic heterocycles. The molecule has 0 saturated carbocycles. The van der Waals surface area contributed by atoms with Gasteiger partial charge in [0.05, 0.1) is 17.2 Å². The minimum absolute atomic E-state index is 0.0944. The van der Waals surface area contributed by atoms with E-state index in [4.69, 9.17) is 9.51 Å². The topological polar surface area (TPSA) is 129 Å². The molecule has 10 nitrogen and oxygen atoms in total. The molecule has 1 fully saturated rings. The predicted molar refractivity (Wildman–Crippen MR) is 158 cm³/mol. The van der Waals surface area contributed by atoms with Crippen LogP contribution in [0.5, 0.6) is 0 Å². The third-order valence-corrected chi connectivity index (χ3v) is 7.55. The van der Waals surface area contributed by atoms with Crippen LogP contribution < -0.4 is 10.6 Å². The van der Waals surface area contributed by atoms with E-state index in [-0.39, 0.29) is 34.0 Å². The molecule has 0 bridgehead atoms. The highest BCUT2D eigenvalue weighted by Gasteiger charge is 2.30. The monoisotopic (exact) mass is 559 g/mol. The number of carbonyl (C=O) groups is 2. The van der Waals surface area contributed by atoms with Crippen LogP contribution in [0.2, 0.25) is 0 Å². The fourth-order valence-corrected chi connectivity index (χ4v) is 4.81. The zero-order valence-electron chi connectivity index (χ0n) is 25.1. The summed E-state index contributed by atoms with van der Waals surface area (Å²) in [4.78, 5) is 32.5. The van der Waals surface area contributed by atoms with Gasteiger partial charge in [0.1, 0.15) is 11.6 Å². The number of anilines is 1. The van der Waals surface area contributed by atoms with E-state index < -0.39 is 5.91 Å². The Labute approximate surface area is 241 Å². The fraction of sp³-hybridized carbons (Fsp3) is 0.516. The van der Waals surface area contributed by atoms with E-state index in [9.17, 15) is 14.9 Å². The summed E-state index contributed by atoms with van der Waals surface area (Å²) in [6, 6.07) is 10.1. The molecule has 3 aromatic rings. The summed E-state index contributed by atoms with van der Waals surface area (Å²) in [6.45, 7) is 17.0. The lowest BCUT2D eigenvalue weighted by molar-refractivity contribution is -0.125. The van der Waals surface area contributed by atoms with Crippen LogP contribution in [0.1, 0.15) is 71.0 Å². The highest BCUT2D eigenvalue weighted by atomic mass is 16.5. The van der Waals surface area contributed by atoms with Crippen LogP contribution in [-0.2, 0) is 17.9 Å². The third-order valence-electron chi connectivity index (χ3n) is 7.55. The smallest absolute Gasteiger partial charge is 0.296 e. The largest absolute Gasteiger partial charge is 0.351 e. The number of nitrogens with zero attached hydrogens (tertiary/aromatic N) is 5. The van der Waals surface area contributed by atoms with Crippen LogP contribution in [0.15, 0.2) is 46.6 Å². The standard InChI is InChI=1S/C31H41N7O3/c1-20(31(5,6)7)33-17-21-8-9-25-24(14-21)35-29(36-27(39)26-10-12-34-41-26)38(25)19-22-11-13-37(18-22)28(40)23(16-32)15-30(2,3)4/h8-10,12,14-15,20,22,33H,11,13,17-19H2,1-7H3,(H,35,36,39). The average molecular weight is 560 g/mol. The van der Waals surface area contributed by atoms with Crippen molar-refractivity contribution in [1.82, 2.24) is 24.9 Å². The van der Waals surface area contributed by atoms with Crippen molar-refractivity contribution in [3.8, 4) is 6.07 Å². The van der Waals surface area contributed by atoms with E-state index in [0.717, 1.165) is 23.0 Å². The molecule has 1 saturated heterocycles. The third kappa shape index (κ3) is 7.41. The molecular weight excluding hydrogens is 518 g/mol. The Balaban J connectivity index is 1.57. The molecule has 1 aromatic carbocycles. The molecule has 0 radical (unpaired) electrons. The number of allylic oxidation sites excluding steroid dienone is 1. The quantitative estimate of drug-likeness (QED) is 0.289. The van der Waals surface area contributed by atoms with E-state index in [0.29, 0.717) is 38.2 Å². The number of hydrogen-bond acceptors (Lipinski definition) is 7. The number of nitrogens with one attached hydrogen (secondary N) is 2. The van der Waals surface area contributed by atoms with Gasteiger partial charge in [-0.05, 0) is 47.8 Å². The maximum Gasteiger partial charge on any atom is 0.296 e. The van der Waals surface area contributed by atoms with Gasteiger partial charge in [-0.2, -0.15) is 5.26 Å². The number of rotatable bonds is 8. The molecule has 1 aliphatic rings. The van der Waals surface area contributed by atoms with E-state index in [2.05, 4.69) is 55.6 Å². The molecular formula is C31H41N7O3. The second-order valence-electron chi connectivity index (χ2n) is 13.1. The number of fused-ring (bicyclic) bond motifs is 1. The Hall–Kier alpha value is -3.97. The summed E-state index contributed by atoms with van der Waals surface area (Å²) in [7, 11) is 0. The van der Waals surface area contributed by atoms with Crippen LogP contribution in [0.4, 0.5) is 5.95 Å². The van der Waals surface area contributed by atoms with Crippen molar-refractivity contribution >= 4 is 28.8 Å². The van der Waals surface area contributed by atoms with Gasteiger partial charge in [-0.25, -0.2) is 4.98 Å². The van der Waals surface area contributed by atoms with Crippen LogP contribution >= 0.6 is 0 Å². The number of likely N-dealkylation sites (tertiary alicyclic amines) is 1. The lowest BCUT2D eigenvalue weighted by atomic mass is 9.88. The lowest BCUT2D eigenvalue weighted by Crippen LogP contribution is -2.37. The number of hydrogen-bond donors (Lipinski definition) is 2. The highest BCUT2D eigenvalue weighted by molar-refractivity contribution is 6.02. The first kappa shape index (κ1) is 30.0. The van der Waals surface area contributed by atoms with Crippen LogP contribution in [0.25, 0.3) is 11.0 Å². The van der Waals surface area contributed by atoms with Crippen molar-refractivity contribution in [1.29, 1.82) is 5.26 Å². The Morgan fingerprint density at radius 1 is 1.22 bits per heavy atom. The summed E-state index contributed by atoms with van der Waals surface area (Å²) >= 11 is 0. The molecule has 3 heterocycles. The summed E-state index contributed by atoms with van der Waals surface area (Å²) in [5.41, 5.74) is 2.79. The first-order valence-electron chi connectivity index (χ1n) is 14.1. The van der Waals surface area contributed by atoms with Gasteiger partial charge in [-0.3, -0.25) is 14.9 Å². The average Bonchev–Trinajstić information content (AvgIpc) is 3.65. The molecule has 2 atom stereocenters. The van der Waals surface area contributed by atoms with Gasteiger partial charge in [0.15, 0.2) is 0 Å². The van der Waals surface area contributed by atoms with Crippen molar-refractivity contribution in [3.05, 3.63) is 53.4 Å². The number of benzene rings is 1. The molecule has 4 rings (SSSR count). The number of aromatic nitrogens is 3. The van der Waals surface area contributed by atoms with Crippen LogP contribution in [0, 0.1) is 28.1 Å². The van der Waals surface area contributed by atoms with Crippen LogP contribution in [0.3, 0.4) is 0 Å². The van der Waals surface area contributed by atoms with Crippen molar-refractivity contribution < 1.29 is 14.1 Å². The highest BCUT2D eigenvalue weighted by Crippen LogP contribution is 2.28. The molecule has 0 spiro atoms. The fourth-order valence-electron chi connectivity index (χ4n) is 4.81. The summed E-state index contributed by atoms with van der Waals surface area (Å²) in [5.74, 6) is -0.0439. The summed E-state index contributed by atoms with van der Waals surface area (Å²) < 4.78 is 7.03. The molecule has 10 heteroatoms. The number of carbonyl (C=O) groups excluding carboxylic acids is 2. The van der Waals surface area contributed by atoms with E-state index in [1.165, 1.54) is 12.3 Å². The summed E-state index contributed by atoms with van der Waals surface area (Å²) in [5, 5.41) is 19.7. The molecule has 0 aliphatic carbocycles. The minimum atomic E-state index is -0.436. The Bertz CT molecular complexity index is 1470. The second kappa shape index (κ2) is 11.9. The maximum absolute atomic E-state index is 13.1. The molecule has 2 amide bonds. The first-order valence-corrected chi connectivity index (χ1v) is 14.1. The molecule has 218 valence electrons. The van der Waals surface area contributed by atoms with E-state index in [1.807, 2.05) is 37.5 Å². The first-order chi connectivity index (χ1) is 19.2. The molecule has 2 N–H and O–H groups in total. The van der Waals surface area contributed by atoms with E-state index in [1.54, 1.807) is 11.0 Å².